The van der Waals surface area contributed by atoms with Crippen molar-refractivity contribution in [2.24, 2.45) is 0 Å². The van der Waals surface area contributed by atoms with Gasteiger partial charge in [-0.05, 0) is 18.2 Å². The molecule has 138 valence electrons. The summed E-state index contributed by atoms with van der Waals surface area (Å²) in [5, 5.41) is 11.8. The van der Waals surface area contributed by atoms with Crippen molar-refractivity contribution >= 4 is 23.5 Å². The molecule has 0 aromatic heterocycles. The quantitative estimate of drug-likeness (QED) is 0.621. The maximum absolute atomic E-state index is 11.6. The van der Waals surface area contributed by atoms with E-state index in [1.54, 1.807) is 18.2 Å². The summed E-state index contributed by atoms with van der Waals surface area (Å²) in [6.45, 7) is 0.901. The molecule has 0 aliphatic rings. The van der Waals surface area contributed by atoms with E-state index in [4.69, 9.17) is 26.2 Å². The summed E-state index contributed by atoms with van der Waals surface area (Å²) >= 11 is 6.02. The fourth-order valence-electron chi connectivity index (χ4n) is 2.16. The van der Waals surface area contributed by atoms with Crippen molar-refractivity contribution in [3.8, 4) is 11.5 Å². The van der Waals surface area contributed by atoms with Crippen LogP contribution in [-0.4, -0.2) is 30.2 Å². The second-order valence-corrected chi connectivity index (χ2v) is 5.81. The van der Waals surface area contributed by atoms with E-state index in [-0.39, 0.29) is 25.3 Å². The van der Waals surface area contributed by atoms with Crippen LogP contribution in [0.4, 0.5) is 0 Å². The zero-order valence-electron chi connectivity index (χ0n) is 14.1. The average Bonchev–Trinajstić information content (AvgIpc) is 2.64. The maximum atomic E-state index is 11.6. The van der Waals surface area contributed by atoms with Gasteiger partial charge in [-0.2, -0.15) is 0 Å². The van der Waals surface area contributed by atoms with E-state index < -0.39 is 5.97 Å². The summed E-state index contributed by atoms with van der Waals surface area (Å²) in [4.78, 5) is 22.1. The molecule has 1 amide bonds. The van der Waals surface area contributed by atoms with Gasteiger partial charge < -0.3 is 19.9 Å². The van der Waals surface area contributed by atoms with Crippen LogP contribution < -0.4 is 14.8 Å². The minimum Gasteiger partial charge on any atom is -0.490 e. The molecule has 2 aromatic rings. The first-order valence-corrected chi connectivity index (χ1v) is 8.50. The number of amides is 1. The van der Waals surface area contributed by atoms with E-state index in [0.717, 1.165) is 5.56 Å². The first-order valence-electron chi connectivity index (χ1n) is 8.13. The van der Waals surface area contributed by atoms with E-state index in [0.29, 0.717) is 29.7 Å². The van der Waals surface area contributed by atoms with Gasteiger partial charge in [-0.25, -0.2) is 0 Å². The molecule has 0 radical (unpaired) electrons. The standard InChI is InChI=1S/C19H20ClNO5/c20-15-6-2-4-8-17(15)26-12-11-25-16-7-3-1-5-14(16)13-21-18(22)9-10-19(23)24/h1-8H,9-13H2,(H,21,22)(H,23,24). The predicted octanol–water partition coefficient (Wildman–Crippen LogP) is 3.28. The number of aliphatic carboxylic acids is 1. The Morgan fingerprint density at radius 2 is 1.54 bits per heavy atom. The molecule has 2 aromatic carbocycles. The Hall–Kier alpha value is -2.73. The molecule has 0 spiro atoms. The van der Waals surface area contributed by atoms with Gasteiger partial charge in [0, 0.05) is 18.5 Å². The Morgan fingerprint density at radius 1 is 0.923 bits per heavy atom. The smallest absolute Gasteiger partial charge is 0.303 e. The third-order valence-corrected chi connectivity index (χ3v) is 3.76. The number of carbonyl (C=O) groups excluding carboxylic acids is 1. The number of hydrogen-bond acceptors (Lipinski definition) is 4. The lowest BCUT2D eigenvalue weighted by atomic mass is 10.2. The van der Waals surface area contributed by atoms with Crippen LogP contribution in [0.3, 0.4) is 0 Å². The zero-order chi connectivity index (χ0) is 18.8. The molecular weight excluding hydrogens is 358 g/mol. The van der Waals surface area contributed by atoms with Gasteiger partial charge in [0.1, 0.15) is 24.7 Å². The van der Waals surface area contributed by atoms with Gasteiger partial charge in [0.2, 0.25) is 5.91 Å². The first-order chi connectivity index (χ1) is 12.6. The predicted molar refractivity (Wildman–Crippen MR) is 97.6 cm³/mol. The molecule has 0 aliphatic heterocycles. The molecule has 0 fully saturated rings. The van der Waals surface area contributed by atoms with E-state index in [1.165, 1.54) is 0 Å². The fraction of sp³-hybridized carbons (Fsp3) is 0.263. The number of ether oxygens (including phenoxy) is 2. The number of para-hydroxylation sites is 2. The maximum Gasteiger partial charge on any atom is 0.303 e. The molecule has 0 bridgehead atoms. The molecule has 2 N–H and O–H groups in total. The minimum atomic E-state index is -0.998. The van der Waals surface area contributed by atoms with Crippen molar-refractivity contribution in [2.75, 3.05) is 13.2 Å². The summed E-state index contributed by atoms with van der Waals surface area (Å²) in [5.41, 5.74) is 0.800. The van der Waals surface area contributed by atoms with Crippen LogP contribution in [0.15, 0.2) is 48.5 Å². The summed E-state index contributed by atoms with van der Waals surface area (Å²) < 4.78 is 11.3. The van der Waals surface area contributed by atoms with Crippen LogP contribution >= 0.6 is 11.6 Å². The van der Waals surface area contributed by atoms with Gasteiger partial charge in [-0.1, -0.05) is 41.9 Å². The Labute approximate surface area is 156 Å². The highest BCUT2D eigenvalue weighted by Gasteiger charge is 2.08. The number of halogens is 1. The van der Waals surface area contributed by atoms with Crippen LogP contribution in [-0.2, 0) is 16.1 Å². The Kier molecular flexibility index (Phi) is 7.76. The Bertz CT molecular complexity index is 750. The van der Waals surface area contributed by atoms with Gasteiger partial charge in [-0.15, -0.1) is 0 Å². The lowest BCUT2D eigenvalue weighted by molar-refractivity contribution is -0.138. The topological polar surface area (TPSA) is 84.9 Å². The largest absolute Gasteiger partial charge is 0.490 e. The van der Waals surface area contributed by atoms with E-state index in [9.17, 15) is 9.59 Å². The third kappa shape index (κ3) is 6.64. The van der Waals surface area contributed by atoms with Gasteiger partial charge in [-0.3, -0.25) is 9.59 Å². The minimum absolute atomic E-state index is 0.0516. The third-order valence-electron chi connectivity index (χ3n) is 3.45. The lowest BCUT2D eigenvalue weighted by Crippen LogP contribution is -2.23. The molecule has 0 saturated carbocycles. The SMILES string of the molecule is O=C(O)CCC(=O)NCc1ccccc1OCCOc1ccccc1Cl. The van der Waals surface area contributed by atoms with E-state index >= 15 is 0 Å². The average molecular weight is 378 g/mol. The second-order valence-electron chi connectivity index (χ2n) is 5.41. The highest BCUT2D eigenvalue weighted by Crippen LogP contribution is 2.23. The van der Waals surface area contributed by atoms with Crippen LogP contribution in [0.5, 0.6) is 11.5 Å². The molecule has 2 rings (SSSR count). The second kappa shape index (κ2) is 10.3. The molecule has 0 heterocycles. The molecule has 26 heavy (non-hydrogen) atoms. The van der Waals surface area contributed by atoms with Crippen molar-refractivity contribution in [3.05, 3.63) is 59.1 Å². The number of rotatable bonds is 10. The van der Waals surface area contributed by atoms with Crippen molar-refractivity contribution in [1.29, 1.82) is 0 Å². The first kappa shape index (κ1) is 19.6. The molecule has 0 atom stereocenters. The summed E-state index contributed by atoms with van der Waals surface area (Å²) in [6, 6.07) is 14.5. The highest BCUT2D eigenvalue weighted by molar-refractivity contribution is 6.32. The molecule has 6 nitrogen and oxygen atoms in total. The number of carbonyl (C=O) groups is 2. The zero-order valence-corrected chi connectivity index (χ0v) is 14.9. The van der Waals surface area contributed by atoms with Gasteiger partial charge in [0.15, 0.2) is 0 Å². The van der Waals surface area contributed by atoms with Crippen LogP contribution in [0.25, 0.3) is 0 Å². The summed E-state index contributed by atoms with van der Waals surface area (Å²) in [6.07, 6.45) is -0.243. The Morgan fingerprint density at radius 3 is 2.23 bits per heavy atom. The summed E-state index contributed by atoms with van der Waals surface area (Å²) in [7, 11) is 0. The number of nitrogens with one attached hydrogen (secondary N) is 1. The molecule has 0 aliphatic carbocycles. The van der Waals surface area contributed by atoms with Crippen molar-refractivity contribution < 1.29 is 24.2 Å². The van der Waals surface area contributed by atoms with Gasteiger partial charge >= 0.3 is 5.97 Å². The molecular formula is C19H20ClNO5. The van der Waals surface area contributed by atoms with Gasteiger partial charge in [0.05, 0.1) is 11.4 Å². The van der Waals surface area contributed by atoms with Crippen molar-refractivity contribution in [2.45, 2.75) is 19.4 Å². The fourth-order valence-corrected chi connectivity index (χ4v) is 2.35. The van der Waals surface area contributed by atoms with Crippen LogP contribution in [0, 0.1) is 0 Å². The Balaban J connectivity index is 1.80. The number of carboxylic acid groups (broad SMARTS) is 1. The van der Waals surface area contributed by atoms with E-state index in [2.05, 4.69) is 5.32 Å². The highest BCUT2D eigenvalue weighted by atomic mass is 35.5. The molecule has 0 saturated heterocycles. The van der Waals surface area contributed by atoms with Crippen molar-refractivity contribution in [3.63, 3.8) is 0 Å². The number of benzene rings is 2. The van der Waals surface area contributed by atoms with Crippen LogP contribution in [0.1, 0.15) is 18.4 Å². The van der Waals surface area contributed by atoms with E-state index in [1.807, 2.05) is 30.3 Å². The monoisotopic (exact) mass is 377 g/mol. The molecule has 0 unspecified atom stereocenters. The van der Waals surface area contributed by atoms with Crippen molar-refractivity contribution in [1.82, 2.24) is 5.32 Å². The normalized spacial score (nSPS) is 10.2. The number of carboxylic acids is 1. The molecule has 7 heteroatoms. The summed E-state index contributed by atoms with van der Waals surface area (Å²) in [5.74, 6) is -0.0859. The van der Waals surface area contributed by atoms with Crippen LogP contribution in [0.2, 0.25) is 5.02 Å². The lowest BCUT2D eigenvalue weighted by Gasteiger charge is -2.13. The van der Waals surface area contributed by atoms with Gasteiger partial charge in [0.25, 0.3) is 0 Å². The number of hydrogen-bond donors (Lipinski definition) is 2.